The number of nitrogens with two attached hydrogens (primary N) is 1. The van der Waals surface area contributed by atoms with E-state index < -0.39 is 0 Å². The summed E-state index contributed by atoms with van der Waals surface area (Å²) in [5.74, 6) is 1.07. The summed E-state index contributed by atoms with van der Waals surface area (Å²) in [5.41, 5.74) is 7.57. The van der Waals surface area contributed by atoms with Crippen LogP contribution in [-0.2, 0) is 0 Å². The van der Waals surface area contributed by atoms with E-state index >= 15 is 0 Å². The van der Waals surface area contributed by atoms with E-state index in [0.29, 0.717) is 23.6 Å². The lowest BCUT2D eigenvalue weighted by atomic mass is 10.1. The van der Waals surface area contributed by atoms with E-state index in [0.717, 1.165) is 5.56 Å². The van der Waals surface area contributed by atoms with Gasteiger partial charge in [0.2, 0.25) is 6.79 Å². The lowest BCUT2D eigenvalue weighted by molar-refractivity contribution is 0.0950. The Kier molecular flexibility index (Phi) is 3.75. The minimum absolute atomic E-state index is 0.181. The predicted octanol–water partition coefficient (Wildman–Crippen LogP) is 1.85. The van der Waals surface area contributed by atoms with Crippen molar-refractivity contribution in [3.05, 3.63) is 59.7 Å². The molecule has 21 heavy (non-hydrogen) atoms. The van der Waals surface area contributed by atoms with Gasteiger partial charge in [-0.25, -0.2) is 0 Å². The van der Waals surface area contributed by atoms with Crippen molar-refractivity contribution in [2.24, 2.45) is 5.73 Å². The summed E-state index contributed by atoms with van der Waals surface area (Å²) in [6.07, 6.45) is 0. The number of carbonyl (C=O) groups excluding carboxylic acids is 1. The second-order valence-corrected chi connectivity index (χ2v) is 4.80. The molecular formula is C16H16N2O3. The maximum absolute atomic E-state index is 12.1. The first-order valence-corrected chi connectivity index (χ1v) is 6.72. The molecule has 0 saturated carbocycles. The largest absolute Gasteiger partial charge is 0.454 e. The fraction of sp³-hybridized carbons (Fsp3) is 0.188. The zero-order valence-electron chi connectivity index (χ0n) is 11.4. The number of amides is 1. The SMILES string of the molecule is NC(CNC(=O)c1ccc2c(c1)OCO2)c1ccccc1. The summed E-state index contributed by atoms with van der Waals surface area (Å²) in [7, 11) is 0. The molecule has 0 fully saturated rings. The third-order valence-electron chi connectivity index (χ3n) is 3.35. The van der Waals surface area contributed by atoms with Gasteiger partial charge in [0.15, 0.2) is 11.5 Å². The first-order valence-electron chi connectivity index (χ1n) is 6.72. The number of rotatable bonds is 4. The number of hydrogen-bond acceptors (Lipinski definition) is 4. The minimum Gasteiger partial charge on any atom is -0.454 e. The van der Waals surface area contributed by atoms with Gasteiger partial charge in [0, 0.05) is 18.2 Å². The number of nitrogens with one attached hydrogen (secondary N) is 1. The third-order valence-corrected chi connectivity index (χ3v) is 3.35. The fourth-order valence-electron chi connectivity index (χ4n) is 2.16. The van der Waals surface area contributed by atoms with E-state index in [4.69, 9.17) is 15.2 Å². The number of hydrogen-bond donors (Lipinski definition) is 2. The molecule has 5 nitrogen and oxygen atoms in total. The smallest absolute Gasteiger partial charge is 0.251 e. The zero-order valence-corrected chi connectivity index (χ0v) is 11.4. The van der Waals surface area contributed by atoms with Crippen molar-refractivity contribution >= 4 is 5.91 Å². The first-order chi connectivity index (χ1) is 10.2. The Morgan fingerprint density at radius 1 is 1.14 bits per heavy atom. The molecule has 0 bridgehead atoms. The van der Waals surface area contributed by atoms with Gasteiger partial charge in [0.05, 0.1) is 0 Å². The molecule has 3 N–H and O–H groups in total. The van der Waals surface area contributed by atoms with Crippen molar-refractivity contribution in [1.82, 2.24) is 5.32 Å². The van der Waals surface area contributed by atoms with Crippen LogP contribution in [0.3, 0.4) is 0 Å². The molecule has 0 aliphatic carbocycles. The van der Waals surface area contributed by atoms with Crippen molar-refractivity contribution < 1.29 is 14.3 Å². The summed E-state index contributed by atoms with van der Waals surface area (Å²) in [5, 5.41) is 2.83. The van der Waals surface area contributed by atoms with Gasteiger partial charge in [-0.15, -0.1) is 0 Å². The molecule has 1 atom stereocenters. The Morgan fingerprint density at radius 3 is 2.71 bits per heavy atom. The lowest BCUT2D eigenvalue weighted by Gasteiger charge is -2.13. The quantitative estimate of drug-likeness (QED) is 0.898. The first kappa shape index (κ1) is 13.5. The normalized spacial score (nSPS) is 13.8. The molecule has 1 aliphatic heterocycles. The van der Waals surface area contributed by atoms with Gasteiger partial charge in [0.1, 0.15) is 0 Å². The standard InChI is InChI=1S/C16H16N2O3/c17-13(11-4-2-1-3-5-11)9-18-16(19)12-6-7-14-15(8-12)21-10-20-14/h1-8,13H,9-10,17H2,(H,18,19). The van der Waals surface area contributed by atoms with E-state index in [-0.39, 0.29) is 18.7 Å². The Labute approximate surface area is 122 Å². The zero-order chi connectivity index (χ0) is 14.7. The number of ether oxygens (including phenoxy) is 2. The van der Waals surface area contributed by atoms with E-state index in [9.17, 15) is 4.79 Å². The minimum atomic E-state index is -0.232. The maximum atomic E-state index is 12.1. The van der Waals surface area contributed by atoms with Crippen molar-refractivity contribution in [2.45, 2.75) is 6.04 Å². The summed E-state index contributed by atoms with van der Waals surface area (Å²) < 4.78 is 10.5. The molecular weight excluding hydrogens is 268 g/mol. The van der Waals surface area contributed by atoms with Crippen LogP contribution >= 0.6 is 0 Å². The highest BCUT2D eigenvalue weighted by atomic mass is 16.7. The molecule has 1 aliphatic rings. The van der Waals surface area contributed by atoms with Gasteiger partial charge in [-0.3, -0.25) is 4.79 Å². The Morgan fingerprint density at radius 2 is 1.90 bits per heavy atom. The van der Waals surface area contributed by atoms with Crippen molar-refractivity contribution in [3.8, 4) is 11.5 Å². The highest BCUT2D eigenvalue weighted by Crippen LogP contribution is 2.32. The van der Waals surface area contributed by atoms with Crippen LogP contribution < -0.4 is 20.5 Å². The van der Waals surface area contributed by atoms with Gasteiger partial charge < -0.3 is 20.5 Å². The van der Waals surface area contributed by atoms with Crippen LogP contribution in [0.4, 0.5) is 0 Å². The monoisotopic (exact) mass is 284 g/mol. The number of carbonyl (C=O) groups is 1. The molecule has 2 aromatic rings. The molecule has 1 heterocycles. The third kappa shape index (κ3) is 2.98. The molecule has 5 heteroatoms. The Bertz CT molecular complexity index is 643. The van der Waals surface area contributed by atoms with Gasteiger partial charge in [-0.05, 0) is 23.8 Å². The highest BCUT2D eigenvalue weighted by Gasteiger charge is 2.16. The summed E-state index contributed by atoms with van der Waals surface area (Å²) in [6.45, 7) is 0.566. The van der Waals surface area contributed by atoms with Gasteiger partial charge in [0.25, 0.3) is 5.91 Å². The summed E-state index contributed by atoms with van der Waals surface area (Å²) in [4.78, 5) is 12.1. The predicted molar refractivity (Wildman–Crippen MR) is 78.3 cm³/mol. The topological polar surface area (TPSA) is 73.6 Å². The van der Waals surface area contributed by atoms with Gasteiger partial charge in [-0.2, -0.15) is 0 Å². The second kappa shape index (κ2) is 5.85. The van der Waals surface area contributed by atoms with Crippen LogP contribution in [-0.4, -0.2) is 19.2 Å². The molecule has 0 spiro atoms. The summed E-state index contributed by atoms with van der Waals surface area (Å²) in [6, 6.07) is 14.5. The Balaban J connectivity index is 1.62. The maximum Gasteiger partial charge on any atom is 0.251 e. The molecule has 0 aromatic heterocycles. The Hall–Kier alpha value is -2.53. The van der Waals surface area contributed by atoms with Crippen molar-refractivity contribution in [1.29, 1.82) is 0 Å². The average Bonchev–Trinajstić information content (AvgIpc) is 3.00. The van der Waals surface area contributed by atoms with E-state index in [1.165, 1.54) is 0 Å². The molecule has 3 rings (SSSR count). The van der Waals surface area contributed by atoms with E-state index in [2.05, 4.69) is 5.32 Å². The van der Waals surface area contributed by atoms with Crippen LogP contribution in [0.25, 0.3) is 0 Å². The summed E-state index contributed by atoms with van der Waals surface area (Å²) >= 11 is 0. The van der Waals surface area contributed by atoms with Crippen LogP contribution in [0.15, 0.2) is 48.5 Å². The van der Waals surface area contributed by atoms with Crippen LogP contribution in [0, 0.1) is 0 Å². The fourth-order valence-corrected chi connectivity index (χ4v) is 2.16. The van der Waals surface area contributed by atoms with Crippen molar-refractivity contribution in [3.63, 3.8) is 0 Å². The van der Waals surface area contributed by atoms with E-state index in [1.807, 2.05) is 30.3 Å². The lowest BCUT2D eigenvalue weighted by Crippen LogP contribution is -2.31. The van der Waals surface area contributed by atoms with Gasteiger partial charge in [-0.1, -0.05) is 30.3 Å². The molecule has 0 radical (unpaired) electrons. The number of fused-ring (bicyclic) bond motifs is 1. The molecule has 2 aromatic carbocycles. The van der Waals surface area contributed by atoms with Crippen LogP contribution in [0.1, 0.15) is 22.0 Å². The van der Waals surface area contributed by atoms with Crippen molar-refractivity contribution in [2.75, 3.05) is 13.3 Å². The average molecular weight is 284 g/mol. The van der Waals surface area contributed by atoms with E-state index in [1.54, 1.807) is 18.2 Å². The molecule has 1 unspecified atom stereocenters. The molecule has 0 saturated heterocycles. The molecule has 1 amide bonds. The molecule has 108 valence electrons. The number of benzene rings is 2. The second-order valence-electron chi connectivity index (χ2n) is 4.80. The van der Waals surface area contributed by atoms with Crippen LogP contribution in [0.2, 0.25) is 0 Å². The van der Waals surface area contributed by atoms with Gasteiger partial charge >= 0.3 is 0 Å². The van der Waals surface area contributed by atoms with Crippen LogP contribution in [0.5, 0.6) is 11.5 Å². The highest BCUT2D eigenvalue weighted by molar-refractivity contribution is 5.94.